The Hall–Kier alpha value is -2.96. The Bertz CT molecular complexity index is 1090. The van der Waals surface area contributed by atoms with Crippen LogP contribution in [0.3, 0.4) is 0 Å². The fourth-order valence-corrected chi connectivity index (χ4v) is 4.04. The third kappa shape index (κ3) is 5.53. The van der Waals surface area contributed by atoms with Crippen LogP contribution in [0.4, 0.5) is 0 Å². The zero-order valence-corrected chi connectivity index (χ0v) is 17.3. The normalized spacial score (nSPS) is 13.2. The zero-order valence-electron chi connectivity index (χ0n) is 16.4. The van der Waals surface area contributed by atoms with Crippen molar-refractivity contribution in [3.8, 4) is 0 Å². The molecule has 1 N–H and O–H groups in total. The van der Waals surface area contributed by atoms with E-state index < -0.39 is 16.1 Å². The van der Waals surface area contributed by atoms with E-state index >= 15 is 0 Å². The predicted octanol–water partition coefficient (Wildman–Crippen LogP) is 3.95. The number of aryl methyl sites for hydroxylation is 2. The number of hydrogen-bond donors (Lipinski definition) is 1. The summed E-state index contributed by atoms with van der Waals surface area (Å²) in [7, 11) is -3.73. The molecule has 1 atom stereocenters. The number of rotatable bonds is 7. The van der Waals surface area contributed by atoms with Gasteiger partial charge in [0.05, 0.1) is 11.4 Å². The van der Waals surface area contributed by atoms with Gasteiger partial charge in [0.25, 0.3) is 0 Å². The highest BCUT2D eigenvalue weighted by Gasteiger charge is 2.23. The van der Waals surface area contributed by atoms with E-state index in [0.29, 0.717) is 0 Å². The van der Waals surface area contributed by atoms with Crippen molar-refractivity contribution in [3.05, 3.63) is 106 Å². The first-order valence-electron chi connectivity index (χ1n) is 9.33. The van der Waals surface area contributed by atoms with Crippen LogP contribution in [0.25, 0.3) is 0 Å². The molecule has 0 aromatic heterocycles. The lowest BCUT2D eigenvalue weighted by molar-refractivity contribution is -0.500. The van der Waals surface area contributed by atoms with E-state index in [2.05, 4.69) is 4.72 Å². The molecule has 0 aliphatic carbocycles. The second-order valence-electron chi connectivity index (χ2n) is 6.99. The van der Waals surface area contributed by atoms with E-state index in [-0.39, 0.29) is 11.4 Å². The molecule has 1 unspecified atom stereocenters. The van der Waals surface area contributed by atoms with Crippen molar-refractivity contribution >= 4 is 16.2 Å². The average molecular weight is 409 g/mol. The maximum Gasteiger partial charge on any atom is 0.240 e. The van der Waals surface area contributed by atoms with Gasteiger partial charge in [-0.2, -0.15) is 0 Å². The van der Waals surface area contributed by atoms with Gasteiger partial charge in [-0.3, -0.25) is 0 Å². The van der Waals surface area contributed by atoms with Crippen molar-refractivity contribution in [2.24, 2.45) is 0 Å². The van der Waals surface area contributed by atoms with Gasteiger partial charge < -0.3 is 5.21 Å². The summed E-state index contributed by atoms with van der Waals surface area (Å²) in [5.41, 5.74) is 3.48. The van der Waals surface area contributed by atoms with Gasteiger partial charge in [-0.15, -0.1) is 0 Å². The fraction of sp³-hybridized carbons (Fsp3) is 0.174. The summed E-state index contributed by atoms with van der Waals surface area (Å²) in [4.78, 5) is 0.176. The third-order valence-electron chi connectivity index (χ3n) is 4.61. The summed E-state index contributed by atoms with van der Waals surface area (Å²) >= 11 is 0. The zero-order chi connectivity index (χ0) is 20.9. The van der Waals surface area contributed by atoms with Gasteiger partial charge in [0, 0.05) is 11.1 Å². The van der Waals surface area contributed by atoms with E-state index in [1.54, 1.807) is 24.3 Å². The third-order valence-corrected chi connectivity index (χ3v) is 6.05. The molecule has 0 saturated carbocycles. The number of hydroxylamine groups is 1. The predicted molar refractivity (Wildman–Crippen MR) is 116 cm³/mol. The van der Waals surface area contributed by atoms with Gasteiger partial charge in [-0.1, -0.05) is 59.7 Å². The number of hydrogen-bond acceptors (Lipinski definition) is 3. The van der Waals surface area contributed by atoms with Gasteiger partial charge in [-0.25, -0.2) is 17.9 Å². The minimum atomic E-state index is -3.73. The Kier molecular flexibility index (Phi) is 6.46. The van der Waals surface area contributed by atoms with Crippen LogP contribution in [-0.2, 0) is 10.0 Å². The molecule has 0 amide bonds. The Labute approximate surface area is 172 Å². The van der Waals surface area contributed by atoms with E-state index in [1.807, 2.05) is 68.4 Å². The van der Waals surface area contributed by atoms with Crippen LogP contribution in [0.5, 0.6) is 0 Å². The van der Waals surface area contributed by atoms with Gasteiger partial charge in [0.1, 0.15) is 0 Å². The van der Waals surface area contributed by atoms with Crippen LogP contribution < -0.4 is 4.72 Å². The van der Waals surface area contributed by atoms with Gasteiger partial charge in [-0.05, 0) is 44.2 Å². The van der Waals surface area contributed by atoms with E-state index in [9.17, 15) is 13.6 Å². The first-order chi connectivity index (χ1) is 13.8. The van der Waals surface area contributed by atoms with Crippen LogP contribution in [0.2, 0.25) is 0 Å². The van der Waals surface area contributed by atoms with Crippen molar-refractivity contribution in [1.29, 1.82) is 0 Å². The highest BCUT2D eigenvalue weighted by atomic mass is 32.2. The molecule has 0 bridgehead atoms. The van der Waals surface area contributed by atoms with Gasteiger partial charge >= 0.3 is 0 Å². The van der Waals surface area contributed by atoms with Gasteiger partial charge in [0.2, 0.25) is 16.1 Å². The highest BCUT2D eigenvalue weighted by Crippen LogP contribution is 2.19. The second-order valence-corrected chi connectivity index (χ2v) is 8.76. The smallest absolute Gasteiger partial charge is 0.240 e. The average Bonchev–Trinajstić information content (AvgIpc) is 2.69. The molecular weight excluding hydrogens is 384 g/mol. The molecule has 6 heteroatoms. The van der Waals surface area contributed by atoms with Crippen LogP contribution >= 0.6 is 0 Å². The van der Waals surface area contributed by atoms with Crippen molar-refractivity contribution < 1.29 is 13.2 Å². The van der Waals surface area contributed by atoms with E-state index in [4.69, 9.17) is 0 Å². The van der Waals surface area contributed by atoms with Crippen LogP contribution in [0, 0.1) is 19.1 Å². The SMILES string of the molecule is Cc1ccc(S(=O)(=O)NCC(c2cccc(C)c2)/[N+]([O-])=C/c2ccccc2)cc1. The monoisotopic (exact) mass is 408 g/mol. The lowest BCUT2D eigenvalue weighted by Crippen LogP contribution is -2.32. The lowest BCUT2D eigenvalue weighted by Gasteiger charge is -2.19. The summed E-state index contributed by atoms with van der Waals surface area (Å²) < 4.78 is 28.8. The maximum atomic E-state index is 12.9. The molecule has 3 rings (SSSR count). The molecule has 3 aromatic rings. The molecule has 0 saturated heterocycles. The molecule has 0 spiro atoms. The Balaban J connectivity index is 1.89. The fourth-order valence-electron chi connectivity index (χ4n) is 3.00. The Morgan fingerprint density at radius 2 is 1.62 bits per heavy atom. The van der Waals surface area contributed by atoms with Crippen LogP contribution in [0.1, 0.15) is 28.3 Å². The minimum absolute atomic E-state index is 0.0491. The molecule has 0 radical (unpaired) electrons. The Morgan fingerprint density at radius 3 is 2.28 bits per heavy atom. The molecule has 0 aliphatic rings. The maximum absolute atomic E-state index is 12.9. The summed E-state index contributed by atoms with van der Waals surface area (Å²) in [6, 6.07) is 22.7. The summed E-state index contributed by atoms with van der Waals surface area (Å²) in [6.07, 6.45) is 1.48. The van der Waals surface area contributed by atoms with E-state index in [0.717, 1.165) is 27.0 Å². The van der Waals surface area contributed by atoms with Crippen LogP contribution in [0.15, 0.2) is 83.8 Å². The minimum Gasteiger partial charge on any atom is -0.623 e. The second kappa shape index (κ2) is 9.03. The lowest BCUT2D eigenvalue weighted by atomic mass is 10.0. The molecule has 0 heterocycles. The molecular formula is C23H24N2O3S. The topological polar surface area (TPSA) is 72.2 Å². The Morgan fingerprint density at radius 1 is 0.931 bits per heavy atom. The molecule has 0 aliphatic heterocycles. The number of nitrogens with zero attached hydrogens (tertiary/aromatic N) is 1. The quantitative estimate of drug-likeness (QED) is 0.278. The largest absolute Gasteiger partial charge is 0.623 e. The number of nitrogens with one attached hydrogen (secondary N) is 1. The van der Waals surface area contributed by atoms with Gasteiger partial charge in [0.15, 0.2) is 6.21 Å². The van der Waals surface area contributed by atoms with Crippen molar-refractivity contribution in [1.82, 2.24) is 4.72 Å². The first kappa shape index (κ1) is 20.8. The summed E-state index contributed by atoms with van der Waals surface area (Å²) in [6.45, 7) is 3.78. The molecule has 5 nitrogen and oxygen atoms in total. The molecule has 150 valence electrons. The molecule has 0 fully saturated rings. The summed E-state index contributed by atoms with van der Waals surface area (Å²) in [5.74, 6) is 0. The number of benzene rings is 3. The molecule has 29 heavy (non-hydrogen) atoms. The molecule has 3 aromatic carbocycles. The number of sulfonamides is 1. The van der Waals surface area contributed by atoms with Crippen molar-refractivity contribution in [2.75, 3.05) is 6.54 Å². The standard InChI is InChI=1S/C23H24N2O3S/c1-18-11-13-22(14-12-18)29(27,28)24-16-23(21-10-6-7-19(2)15-21)25(26)17-20-8-4-3-5-9-20/h3-15,17,23-24H,16H2,1-2H3/b25-17-. The van der Waals surface area contributed by atoms with E-state index in [1.165, 1.54) is 6.21 Å². The van der Waals surface area contributed by atoms with Crippen molar-refractivity contribution in [3.63, 3.8) is 0 Å². The summed E-state index contributed by atoms with van der Waals surface area (Å²) in [5, 5.41) is 12.9. The van der Waals surface area contributed by atoms with Crippen molar-refractivity contribution in [2.45, 2.75) is 24.8 Å². The first-order valence-corrected chi connectivity index (χ1v) is 10.8. The van der Waals surface area contributed by atoms with Crippen LogP contribution in [-0.4, -0.2) is 25.9 Å². The highest BCUT2D eigenvalue weighted by molar-refractivity contribution is 7.89.